The molecule has 1 aliphatic rings. The van der Waals surface area contributed by atoms with Gasteiger partial charge in [-0.1, -0.05) is 28.9 Å². The number of ketones is 1. The average Bonchev–Trinajstić information content (AvgIpc) is 2.33. The molecule has 1 aliphatic heterocycles. The zero-order valence-electron chi connectivity index (χ0n) is 10.4. The van der Waals surface area contributed by atoms with Crippen molar-refractivity contribution in [3.8, 4) is 0 Å². The van der Waals surface area contributed by atoms with Crippen LogP contribution in [0.1, 0.15) is 25.3 Å². The summed E-state index contributed by atoms with van der Waals surface area (Å²) in [6.07, 6.45) is 2.13. The maximum absolute atomic E-state index is 13.0. The highest BCUT2D eigenvalue weighted by Crippen LogP contribution is 2.31. The molecule has 0 spiro atoms. The molecule has 0 saturated carbocycles. The molecule has 4 heteroatoms. The molecular formula is C14H17BrFNO. The number of rotatable bonds is 3. The molecule has 0 aliphatic carbocycles. The molecule has 2 rings (SSSR count). The Morgan fingerprint density at radius 2 is 2.11 bits per heavy atom. The molecule has 18 heavy (non-hydrogen) atoms. The topological polar surface area (TPSA) is 29.1 Å². The van der Waals surface area contributed by atoms with Gasteiger partial charge in [-0.3, -0.25) is 4.79 Å². The van der Waals surface area contributed by atoms with Crippen LogP contribution in [0.5, 0.6) is 0 Å². The van der Waals surface area contributed by atoms with E-state index in [9.17, 15) is 9.18 Å². The molecule has 2 nitrogen and oxygen atoms in total. The Bertz CT molecular complexity index is 455. The number of carbonyl (C=O) groups excluding carboxylic acids is 1. The summed E-state index contributed by atoms with van der Waals surface area (Å²) in [6, 6.07) is 4.49. The van der Waals surface area contributed by atoms with Crippen molar-refractivity contribution >= 4 is 21.7 Å². The van der Waals surface area contributed by atoms with E-state index < -0.39 is 0 Å². The first-order valence-electron chi connectivity index (χ1n) is 6.19. The molecule has 1 heterocycles. The van der Waals surface area contributed by atoms with Crippen LogP contribution in [0.3, 0.4) is 0 Å². The predicted octanol–water partition coefficient (Wildman–Crippen LogP) is 3.09. The van der Waals surface area contributed by atoms with Crippen LogP contribution in [0, 0.1) is 11.2 Å². The summed E-state index contributed by atoms with van der Waals surface area (Å²) in [4.78, 5) is 12.4. The first-order chi connectivity index (χ1) is 8.51. The Labute approximate surface area is 115 Å². The molecule has 1 aromatic carbocycles. The van der Waals surface area contributed by atoms with Crippen LogP contribution in [0.4, 0.5) is 4.39 Å². The third-order valence-electron chi connectivity index (χ3n) is 3.75. The summed E-state index contributed by atoms with van der Waals surface area (Å²) >= 11 is 3.31. The number of benzene rings is 1. The third-order valence-corrected chi connectivity index (χ3v) is 4.48. The lowest BCUT2D eigenvalue weighted by Gasteiger charge is -2.32. The van der Waals surface area contributed by atoms with Gasteiger partial charge in [0.2, 0.25) is 0 Å². The van der Waals surface area contributed by atoms with Crippen LogP contribution in [0.25, 0.3) is 0 Å². The molecule has 1 fully saturated rings. The highest BCUT2D eigenvalue weighted by molar-refractivity contribution is 9.10. The Morgan fingerprint density at radius 3 is 2.72 bits per heavy atom. The van der Waals surface area contributed by atoms with Crippen molar-refractivity contribution in [1.29, 1.82) is 0 Å². The first kappa shape index (κ1) is 13.7. The predicted molar refractivity (Wildman–Crippen MR) is 73.0 cm³/mol. The third kappa shape index (κ3) is 2.98. The van der Waals surface area contributed by atoms with Crippen molar-refractivity contribution in [2.75, 3.05) is 13.1 Å². The normalized spacial score (nSPS) is 18.6. The minimum Gasteiger partial charge on any atom is -0.317 e. The van der Waals surface area contributed by atoms with E-state index in [0.29, 0.717) is 10.9 Å². The molecule has 1 saturated heterocycles. The maximum Gasteiger partial charge on any atom is 0.143 e. The number of hydrogen-bond acceptors (Lipinski definition) is 2. The minimum atomic E-state index is -0.286. The van der Waals surface area contributed by atoms with Crippen LogP contribution in [-0.4, -0.2) is 18.9 Å². The van der Waals surface area contributed by atoms with Crippen molar-refractivity contribution in [3.63, 3.8) is 0 Å². The van der Waals surface area contributed by atoms with Crippen LogP contribution < -0.4 is 5.32 Å². The molecule has 0 bridgehead atoms. The van der Waals surface area contributed by atoms with Crippen molar-refractivity contribution in [2.24, 2.45) is 5.41 Å². The smallest absolute Gasteiger partial charge is 0.143 e. The highest BCUT2D eigenvalue weighted by Gasteiger charge is 2.34. The van der Waals surface area contributed by atoms with E-state index in [4.69, 9.17) is 0 Å². The number of nitrogens with one attached hydrogen (secondary N) is 1. The fourth-order valence-corrected chi connectivity index (χ4v) is 2.80. The minimum absolute atomic E-state index is 0.237. The van der Waals surface area contributed by atoms with Crippen molar-refractivity contribution in [1.82, 2.24) is 5.32 Å². The van der Waals surface area contributed by atoms with Crippen LogP contribution in [-0.2, 0) is 11.2 Å². The molecule has 1 N–H and O–H groups in total. The number of hydrogen-bond donors (Lipinski definition) is 1. The number of halogens is 2. The van der Waals surface area contributed by atoms with Gasteiger partial charge in [0, 0.05) is 16.3 Å². The summed E-state index contributed by atoms with van der Waals surface area (Å²) in [6.45, 7) is 3.83. The van der Waals surface area contributed by atoms with E-state index in [-0.39, 0.29) is 17.0 Å². The van der Waals surface area contributed by atoms with Gasteiger partial charge in [-0.15, -0.1) is 0 Å². The molecule has 0 unspecified atom stereocenters. The molecule has 0 radical (unpaired) electrons. The zero-order chi connectivity index (χ0) is 13.2. The molecule has 0 aromatic heterocycles. The largest absolute Gasteiger partial charge is 0.317 e. The van der Waals surface area contributed by atoms with Crippen molar-refractivity contribution in [3.05, 3.63) is 34.1 Å². The Hall–Kier alpha value is -0.740. The SMILES string of the molecule is CC1(C(=O)Cc2ccc(F)cc2Br)CCNCC1. The standard InChI is InChI=1S/C14H17BrFNO/c1-14(4-6-17-7-5-14)13(18)8-10-2-3-11(16)9-12(10)15/h2-3,9,17H,4-8H2,1H3. The molecule has 0 amide bonds. The van der Waals surface area contributed by atoms with Gasteiger partial charge >= 0.3 is 0 Å². The van der Waals surface area contributed by atoms with E-state index in [1.54, 1.807) is 6.07 Å². The molecule has 98 valence electrons. The Balaban J connectivity index is 2.11. The summed E-state index contributed by atoms with van der Waals surface area (Å²) < 4.78 is 13.7. The van der Waals surface area contributed by atoms with E-state index in [1.807, 2.05) is 6.92 Å². The van der Waals surface area contributed by atoms with E-state index in [1.165, 1.54) is 12.1 Å². The lowest BCUT2D eigenvalue weighted by Crippen LogP contribution is -2.40. The number of carbonyl (C=O) groups is 1. The van der Waals surface area contributed by atoms with Gasteiger partial charge in [0.1, 0.15) is 11.6 Å². The number of Topliss-reactive ketones (excluding diaryl/α,β-unsaturated/α-hetero) is 1. The summed E-state index contributed by atoms with van der Waals surface area (Å²) in [7, 11) is 0. The summed E-state index contributed by atoms with van der Waals surface area (Å²) in [5, 5.41) is 3.27. The maximum atomic E-state index is 13.0. The van der Waals surface area contributed by atoms with E-state index in [2.05, 4.69) is 21.2 Å². The van der Waals surface area contributed by atoms with Crippen LogP contribution in [0.15, 0.2) is 22.7 Å². The van der Waals surface area contributed by atoms with Gasteiger partial charge < -0.3 is 5.32 Å². The van der Waals surface area contributed by atoms with Crippen molar-refractivity contribution in [2.45, 2.75) is 26.2 Å². The second kappa shape index (κ2) is 5.49. The molecule has 0 atom stereocenters. The van der Waals surface area contributed by atoms with E-state index >= 15 is 0 Å². The average molecular weight is 314 g/mol. The fourth-order valence-electron chi connectivity index (χ4n) is 2.31. The van der Waals surface area contributed by atoms with Gasteiger partial charge in [-0.2, -0.15) is 0 Å². The van der Waals surface area contributed by atoms with Crippen molar-refractivity contribution < 1.29 is 9.18 Å². The highest BCUT2D eigenvalue weighted by atomic mass is 79.9. The fraction of sp³-hybridized carbons (Fsp3) is 0.500. The summed E-state index contributed by atoms with van der Waals surface area (Å²) in [5.41, 5.74) is 0.625. The van der Waals surface area contributed by atoms with Gasteiger partial charge in [0.05, 0.1) is 0 Å². The quantitative estimate of drug-likeness (QED) is 0.929. The monoisotopic (exact) mass is 313 g/mol. The van der Waals surface area contributed by atoms with Gasteiger partial charge in [0.25, 0.3) is 0 Å². The Kier molecular flexibility index (Phi) is 4.17. The lowest BCUT2D eigenvalue weighted by molar-refractivity contribution is -0.128. The molecular weight excluding hydrogens is 297 g/mol. The van der Waals surface area contributed by atoms with E-state index in [0.717, 1.165) is 31.5 Å². The van der Waals surface area contributed by atoms with Gasteiger partial charge in [-0.25, -0.2) is 4.39 Å². The second-order valence-electron chi connectivity index (χ2n) is 5.15. The molecule has 1 aromatic rings. The zero-order valence-corrected chi connectivity index (χ0v) is 12.0. The number of piperidine rings is 1. The van der Waals surface area contributed by atoms with Gasteiger partial charge in [-0.05, 0) is 43.6 Å². The lowest BCUT2D eigenvalue weighted by atomic mass is 9.75. The van der Waals surface area contributed by atoms with Gasteiger partial charge in [0.15, 0.2) is 0 Å². The van der Waals surface area contributed by atoms with Crippen LogP contribution >= 0.6 is 15.9 Å². The Morgan fingerprint density at radius 1 is 1.44 bits per heavy atom. The summed E-state index contributed by atoms with van der Waals surface area (Å²) in [5.74, 6) is -0.0394. The van der Waals surface area contributed by atoms with Crippen LogP contribution in [0.2, 0.25) is 0 Å². The first-order valence-corrected chi connectivity index (χ1v) is 6.98. The second-order valence-corrected chi connectivity index (χ2v) is 6.00.